The first-order chi connectivity index (χ1) is 16.6. The normalized spacial score (nSPS) is 16.2. The Labute approximate surface area is 201 Å². The van der Waals surface area contributed by atoms with Gasteiger partial charge in [0.25, 0.3) is 5.91 Å². The molecule has 182 valence electrons. The molecule has 2 N–H and O–H groups in total. The van der Waals surface area contributed by atoms with E-state index in [1.165, 1.54) is 5.56 Å². The first kappa shape index (κ1) is 24.0. The van der Waals surface area contributed by atoms with E-state index in [1.54, 1.807) is 0 Å². The SMILES string of the molecule is CC.Cc1[nH]c2ccc(NC(=O)c3cc(N4CCOCC4)cc(N4CCOCC4)n3)cc2c1C. The smallest absolute Gasteiger partial charge is 0.274 e. The zero-order valence-electron chi connectivity index (χ0n) is 20.6. The van der Waals surface area contributed by atoms with Crippen LogP contribution in [0.5, 0.6) is 0 Å². The number of pyridine rings is 1. The van der Waals surface area contributed by atoms with Crippen LogP contribution < -0.4 is 15.1 Å². The van der Waals surface area contributed by atoms with Gasteiger partial charge < -0.3 is 29.6 Å². The molecule has 0 bridgehead atoms. The number of anilines is 3. The number of nitrogens with one attached hydrogen (secondary N) is 2. The second-order valence-corrected chi connectivity index (χ2v) is 8.36. The summed E-state index contributed by atoms with van der Waals surface area (Å²) in [4.78, 5) is 25.8. The lowest BCUT2D eigenvalue weighted by Crippen LogP contribution is -2.38. The number of ether oxygens (including phenoxy) is 2. The molecular weight excluding hydrogens is 430 g/mol. The number of morpholine rings is 2. The minimum Gasteiger partial charge on any atom is -0.378 e. The van der Waals surface area contributed by atoms with Crippen LogP contribution in [0, 0.1) is 13.8 Å². The molecule has 0 radical (unpaired) electrons. The van der Waals surface area contributed by atoms with E-state index in [-0.39, 0.29) is 5.91 Å². The van der Waals surface area contributed by atoms with Crippen LogP contribution in [-0.2, 0) is 9.47 Å². The van der Waals surface area contributed by atoms with Crippen molar-refractivity contribution in [3.63, 3.8) is 0 Å². The van der Waals surface area contributed by atoms with Gasteiger partial charge in [-0.2, -0.15) is 0 Å². The van der Waals surface area contributed by atoms with Gasteiger partial charge in [-0.3, -0.25) is 4.79 Å². The van der Waals surface area contributed by atoms with Crippen LogP contribution in [0.15, 0.2) is 30.3 Å². The molecule has 0 aliphatic carbocycles. The lowest BCUT2D eigenvalue weighted by molar-refractivity contribution is 0.102. The molecule has 0 saturated carbocycles. The van der Waals surface area contributed by atoms with E-state index in [0.717, 1.165) is 60.0 Å². The van der Waals surface area contributed by atoms with Crippen LogP contribution in [0.3, 0.4) is 0 Å². The van der Waals surface area contributed by atoms with Crippen LogP contribution in [0.4, 0.5) is 17.2 Å². The molecule has 2 aromatic heterocycles. The number of carbonyl (C=O) groups excluding carboxylic acids is 1. The van der Waals surface area contributed by atoms with Crippen molar-refractivity contribution in [1.82, 2.24) is 9.97 Å². The standard InChI is InChI=1S/C24H29N5O3.C2H6/c1-16-17(2)25-21-4-3-18(13-20(16)21)26-24(30)22-14-19(28-5-9-31-10-6-28)15-23(27-22)29-7-11-32-12-8-29;1-2/h3-4,13-15,25H,5-12H2,1-2H3,(H,26,30);1-2H3. The number of rotatable bonds is 4. The Kier molecular flexibility index (Phi) is 7.70. The molecule has 8 heteroatoms. The summed E-state index contributed by atoms with van der Waals surface area (Å²) in [6.07, 6.45) is 0. The number of aryl methyl sites for hydroxylation is 2. The number of nitrogens with zero attached hydrogens (tertiary/aromatic N) is 3. The molecule has 2 fully saturated rings. The average Bonchev–Trinajstić information content (AvgIpc) is 3.18. The van der Waals surface area contributed by atoms with Crippen molar-refractivity contribution in [2.45, 2.75) is 27.7 Å². The summed E-state index contributed by atoms with van der Waals surface area (Å²) in [5.41, 5.74) is 5.58. The number of fused-ring (bicyclic) bond motifs is 1. The van der Waals surface area contributed by atoms with E-state index in [4.69, 9.17) is 14.5 Å². The minimum absolute atomic E-state index is 0.209. The van der Waals surface area contributed by atoms with E-state index in [0.29, 0.717) is 32.1 Å². The Hall–Kier alpha value is -3.10. The third-order valence-corrected chi connectivity index (χ3v) is 6.31. The summed E-state index contributed by atoms with van der Waals surface area (Å²) < 4.78 is 11.0. The molecule has 0 atom stereocenters. The van der Waals surface area contributed by atoms with E-state index >= 15 is 0 Å². The fraction of sp³-hybridized carbons (Fsp3) is 0.462. The Balaban J connectivity index is 0.00000133. The summed E-state index contributed by atoms with van der Waals surface area (Å²) in [7, 11) is 0. The molecule has 34 heavy (non-hydrogen) atoms. The summed E-state index contributed by atoms with van der Waals surface area (Å²) in [5.74, 6) is 0.605. The maximum atomic E-state index is 13.2. The van der Waals surface area contributed by atoms with Gasteiger partial charge in [0.05, 0.1) is 26.4 Å². The molecule has 2 aliphatic rings. The molecule has 5 rings (SSSR count). The Morgan fingerprint density at radius 2 is 1.59 bits per heavy atom. The number of carbonyl (C=O) groups is 1. The fourth-order valence-corrected chi connectivity index (χ4v) is 4.31. The molecule has 1 aromatic carbocycles. The number of aromatic nitrogens is 2. The van der Waals surface area contributed by atoms with Gasteiger partial charge in [-0.25, -0.2) is 4.98 Å². The predicted octanol–water partition coefficient (Wildman–Crippen LogP) is 4.13. The van der Waals surface area contributed by atoms with Crippen molar-refractivity contribution in [1.29, 1.82) is 0 Å². The van der Waals surface area contributed by atoms with Crippen molar-refractivity contribution in [3.8, 4) is 0 Å². The molecule has 0 unspecified atom stereocenters. The Bertz CT molecular complexity index is 1090. The maximum Gasteiger partial charge on any atom is 0.274 e. The number of aromatic amines is 1. The third kappa shape index (κ3) is 5.18. The van der Waals surface area contributed by atoms with Gasteiger partial charge in [0.1, 0.15) is 11.5 Å². The van der Waals surface area contributed by atoms with E-state index in [9.17, 15) is 4.79 Å². The molecule has 0 spiro atoms. The number of hydrogen-bond donors (Lipinski definition) is 2. The maximum absolute atomic E-state index is 13.2. The summed E-state index contributed by atoms with van der Waals surface area (Å²) >= 11 is 0. The van der Waals surface area contributed by atoms with Gasteiger partial charge in [-0.15, -0.1) is 0 Å². The molecule has 3 aromatic rings. The lowest BCUT2D eigenvalue weighted by atomic mass is 10.1. The number of benzene rings is 1. The highest BCUT2D eigenvalue weighted by atomic mass is 16.5. The highest BCUT2D eigenvalue weighted by molar-refractivity contribution is 6.05. The van der Waals surface area contributed by atoms with Gasteiger partial charge in [0.2, 0.25) is 0 Å². The first-order valence-corrected chi connectivity index (χ1v) is 12.2. The van der Waals surface area contributed by atoms with Gasteiger partial charge >= 0.3 is 0 Å². The monoisotopic (exact) mass is 465 g/mol. The van der Waals surface area contributed by atoms with Crippen LogP contribution in [0.1, 0.15) is 35.6 Å². The zero-order valence-corrected chi connectivity index (χ0v) is 20.6. The topological polar surface area (TPSA) is 82.7 Å². The molecule has 1 amide bonds. The van der Waals surface area contributed by atoms with Crippen molar-refractivity contribution in [2.75, 3.05) is 67.7 Å². The van der Waals surface area contributed by atoms with Gasteiger partial charge in [0.15, 0.2) is 0 Å². The van der Waals surface area contributed by atoms with Gasteiger partial charge in [-0.05, 0) is 43.7 Å². The van der Waals surface area contributed by atoms with Crippen LogP contribution in [-0.4, -0.2) is 68.5 Å². The molecular formula is C26H35N5O3. The van der Waals surface area contributed by atoms with Crippen molar-refractivity contribution in [3.05, 3.63) is 47.3 Å². The summed E-state index contributed by atoms with van der Waals surface area (Å²) in [5, 5.41) is 4.16. The van der Waals surface area contributed by atoms with Gasteiger partial charge in [-0.1, -0.05) is 13.8 Å². The van der Waals surface area contributed by atoms with E-state index in [1.807, 2.05) is 38.1 Å². The largest absolute Gasteiger partial charge is 0.378 e. The predicted molar refractivity (Wildman–Crippen MR) is 137 cm³/mol. The fourth-order valence-electron chi connectivity index (χ4n) is 4.31. The van der Waals surface area contributed by atoms with Crippen molar-refractivity contribution < 1.29 is 14.3 Å². The third-order valence-electron chi connectivity index (χ3n) is 6.31. The zero-order chi connectivity index (χ0) is 24.1. The van der Waals surface area contributed by atoms with Gasteiger partial charge in [0, 0.05) is 60.2 Å². The highest BCUT2D eigenvalue weighted by Gasteiger charge is 2.20. The second kappa shape index (κ2) is 10.9. The number of H-pyrrole nitrogens is 1. The first-order valence-electron chi connectivity index (χ1n) is 12.2. The molecule has 4 heterocycles. The van der Waals surface area contributed by atoms with Crippen molar-refractivity contribution >= 4 is 34.0 Å². The Morgan fingerprint density at radius 1 is 0.941 bits per heavy atom. The highest BCUT2D eigenvalue weighted by Crippen LogP contribution is 2.27. The second-order valence-electron chi connectivity index (χ2n) is 8.36. The van der Waals surface area contributed by atoms with Crippen LogP contribution in [0.25, 0.3) is 10.9 Å². The molecule has 8 nitrogen and oxygen atoms in total. The lowest BCUT2D eigenvalue weighted by Gasteiger charge is -2.32. The Morgan fingerprint density at radius 3 is 2.26 bits per heavy atom. The van der Waals surface area contributed by atoms with E-state index < -0.39 is 0 Å². The van der Waals surface area contributed by atoms with Crippen LogP contribution >= 0.6 is 0 Å². The summed E-state index contributed by atoms with van der Waals surface area (Å²) in [6, 6.07) is 9.90. The molecule has 2 aliphatic heterocycles. The van der Waals surface area contributed by atoms with E-state index in [2.05, 4.69) is 40.0 Å². The minimum atomic E-state index is -0.209. The quantitative estimate of drug-likeness (QED) is 0.603. The number of amides is 1. The van der Waals surface area contributed by atoms with Crippen LogP contribution in [0.2, 0.25) is 0 Å². The molecule has 2 saturated heterocycles. The number of hydrogen-bond acceptors (Lipinski definition) is 6. The van der Waals surface area contributed by atoms with Crippen molar-refractivity contribution in [2.24, 2.45) is 0 Å². The average molecular weight is 466 g/mol. The summed E-state index contributed by atoms with van der Waals surface area (Å²) in [6.45, 7) is 14.0.